The zero-order valence-electron chi connectivity index (χ0n) is 11.6. The summed E-state index contributed by atoms with van der Waals surface area (Å²) in [6.45, 7) is 5.48. The summed E-state index contributed by atoms with van der Waals surface area (Å²) in [7, 11) is 9.08. The van der Waals surface area contributed by atoms with E-state index in [2.05, 4.69) is 53.0 Å². The van der Waals surface area contributed by atoms with Gasteiger partial charge in [0.15, 0.2) is 0 Å². The SMILES string of the molecule is C1C[C@H]2[C@@H]3SS[C@@H]4[C@H](CN5CCC[C@@H]45)SS[C@H]3CN2C1. The molecule has 5 aliphatic heterocycles. The van der Waals surface area contributed by atoms with E-state index in [0.29, 0.717) is 0 Å². The van der Waals surface area contributed by atoms with E-state index in [-0.39, 0.29) is 0 Å². The lowest BCUT2D eigenvalue weighted by Gasteiger charge is -2.30. The normalized spacial score (nSPS) is 52.2. The summed E-state index contributed by atoms with van der Waals surface area (Å²) in [5.74, 6) is 0. The summed E-state index contributed by atoms with van der Waals surface area (Å²) in [5, 5.41) is 3.58. The third-order valence-corrected chi connectivity index (χ3v) is 12.9. The predicted octanol–water partition coefficient (Wildman–Crippen LogP) is 3.19. The number of nitrogens with zero attached hydrogens (tertiary/aromatic N) is 2. The van der Waals surface area contributed by atoms with Crippen LogP contribution >= 0.6 is 43.2 Å². The molecule has 0 radical (unpaired) electrons. The van der Waals surface area contributed by atoms with E-state index in [1.807, 2.05) is 0 Å². The molecule has 5 aliphatic rings. The molecular formula is C14H22N2S4. The first-order valence-electron chi connectivity index (χ1n) is 8.02. The number of fused-ring (bicyclic) bond motifs is 6. The summed E-state index contributed by atoms with van der Waals surface area (Å²) >= 11 is 0. The van der Waals surface area contributed by atoms with E-state index in [1.54, 1.807) is 0 Å². The quantitative estimate of drug-likeness (QED) is 0.617. The first-order valence-corrected chi connectivity index (χ1v) is 12.6. The second kappa shape index (κ2) is 5.45. The molecule has 6 atom stereocenters. The van der Waals surface area contributed by atoms with Gasteiger partial charge in [0.2, 0.25) is 0 Å². The highest BCUT2D eigenvalue weighted by Crippen LogP contribution is 2.56. The van der Waals surface area contributed by atoms with Gasteiger partial charge in [0.25, 0.3) is 0 Å². The molecule has 0 bridgehead atoms. The molecule has 6 heteroatoms. The third-order valence-electron chi connectivity index (χ3n) is 5.73. The van der Waals surface area contributed by atoms with E-state index in [4.69, 9.17) is 0 Å². The van der Waals surface area contributed by atoms with Gasteiger partial charge in [-0.1, -0.05) is 43.2 Å². The van der Waals surface area contributed by atoms with Crippen LogP contribution in [-0.2, 0) is 0 Å². The molecule has 5 saturated heterocycles. The van der Waals surface area contributed by atoms with E-state index in [1.165, 1.54) is 51.9 Å². The van der Waals surface area contributed by atoms with Gasteiger partial charge in [0.1, 0.15) is 0 Å². The Kier molecular flexibility index (Phi) is 3.74. The standard InChI is InChI=1S/C14H22N2S4/c1-3-9-13-11(7-15(9)5-1)17-18-12-8-16-6-2-4-10(16)14(12)20-19-13/h9-14H,1-8H2/t9-,10-,11-,12-,13-,14-/m0/s1. The molecule has 5 fully saturated rings. The van der Waals surface area contributed by atoms with E-state index in [9.17, 15) is 0 Å². The first kappa shape index (κ1) is 13.7. The van der Waals surface area contributed by atoms with Crippen molar-refractivity contribution < 1.29 is 0 Å². The van der Waals surface area contributed by atoms with Crippen LogP contribution in [0.4, 0.5) is 0 Å². The van der Waals surface area contributed by atoms with Gasteiger partial charge >= 0.3 is 0 Å². The van der Waals surface area contributed by atoms with Crippen LogP contribution in [0.15, 0.2) is 0 Å². The highest BCUT2D eigenvalue weighted by atomic mass is 33.1. The maximum Gasteiger partial charge on any atom is 0.0446 e. The Morgan fingerprint density at radius 3 is 1.65 bits per heavy atom. The molecule has 0 N–H and O–H groups in total. The van der Waals surface area contributed by atoms with Gasteiger partial charge in [-0.15, -0.1) is 0 Å². The van der Waals surface area contributed by atoms with Crippen LogP contribution < -0.4 is 0 Å². The van der Waals surface area contributed by atoms with Gasteiger partial charge in [-0.3, -0.25) is 9.80 Å². The van der Waals surface area contributed by atoms with Crippen LogP contribution in [0.2, 0.25) is 0 Å². The van der Waals surface area contributed by atoms with Gasteiger partial charge in [0, 0.05) is 46.2 Å². The van der Waals surface area contributed by atoms with Crippen LogP contribution in [0, 0.1) is 0 Å². The number of hydrogen-bond acceptors (Lipinski definition) is 6. The van der Waals surface area contributed by atoms with Crippen molar-refractivity contribution in [2.24, 2.45) is 0 Å². The van der Waals surface area contributed by atoms with Gasteiger partial charge in [-0.2, -0.15) is 0 Å². The fourth-order valence-electron chi connectivity index (χ4n) is 4.76. The molecule has 0 aromatic heterocycles. The molecular weight excluding hydrogens is 324 g/mol. The highest BCUT2D eigenvalue weighted by molar-refractivity contribution is 8.80. The average molecular weight is 347 g/mol. The summed E-state index contributed by atoms with van der Waals surface area (Å²) < 4.78 is 0. The summed E-state index contributed by atoms with van der Waals surface area (Å²) in [6, 6.07) is 1.81. The summed E-state index contributed by atoms with van der Waals surface area (Å²) in [6.07, 6.45) is 5.81. The minimum atomic E-state index is 0.888. The van der Waals surface area contributed by atoms with Crippen LogP contribution in [0.5, 0.6) is 0 Å². The lowest BCUT2D eigenvalue weighted by atomic mass is 10.1. The molecule has 0 aliphatic carbocycles. The van der Waals surface area contributed by atoms with E-state index >= 15 is 0 Å². The molecule has 5 heterocycles. The van der Waals surface area contributed by atoms with Crippen LogP contribution in [-0.4, -0.2) is 69.1 Å². The number of rotatable bonds is 0. The van der Waals surface area contributed by atoms with Gasteiger partial charge in [-0.25, -0.2) is 0 Å². The van der Waals surface area contributed by atoms with Crippen molar-refractivity contribution in [1.82, 2.24) is 9.80 Å². The lowest BCUT2D eigenvalue weighted by molar-refractivity contribution is 0.327. The van der Waals surface area contributed by atoms with Crippen molar-refractivity contribution in [2.45, 2.75) is 58.8 Å². The van der Waals surface area contributed by atoms with Crippen molar-refractivity contribution in [1.29, 1.82) is 0 Å². The van der Waals surface area contributed by atoms with Crippen molar-refractivity contribution >= 4 is 43.2 Å². The van der Waals surface area contributed by atoms with Gasteiger partial charge in [0.05, 0.1) is 0 Å². The Bertz CT molecular complexity index is 359. The smallest absolute Gasteiger partial charge is 0.0446 e. The highest BCUT2D eigenvalue weighted by Gasteiger charge is 2.51. The van der Waals surface area contributed by atoms with Gasteiger partial charge < -0.3 is 0 Å². The van der Waals surface area contributed by atoms with Crippen LogP contribution in [0.3, 0.4) is 0 Å². The Morgan fingerprint density at radius 1 is 0.650 bits per heavy atom. The summed E-state index contributed by atoms with van der Waals surface area (Å²) in [4.78, 5) is 5.58. The largest absolute Gasteiger partial charge is 0.298 e. The molecule has 0 aromatic carbocycles. The van der Waals surface area contributed by atoms with Crippen molar-refractivity contribution in [2.75, 3.05) is 26.2 Å². The minimum absolute atomic E-state index is 0.888. The van der Waals surface area contributed by atoms with Crippen molar-refractivity contribution in [3.8, 4) is 0 Å². The second-order valence-electron chi connectivity index (χ2n) is 6.80. The molecule has 0 spiro atoms. The summed E-state index contributed by atoms with van der Waals surface area (Å²) in [5.41, 5.74) is 0. The molecule has 112 valence electrons. The monoisotopic (exact) mass is 346 g/mol. The van der Waals surface area contributed by atoms with E-state index in [0.717, 1.165) is 33.1 Å². The topological polar surface area (TPSA) is 6.48 Å². The Morgan fingerprint density at radius 2 is 1.15 bits per heavy atom. The zero-order valence-corrected chi connectivity index (χ0v) is 14.9. The molecule has 20 heavy (non-hydrogen) atoms. The molecule has 0 unspecified atom stereocenters. The fourth-order valence-corrected chi connectivity index (χ4v) is 13.5. The Labute approximate surface area is 137 Å². The maximum atomic E-state index is 2.79. The Hall–Kier alpha value is 1.32. The number of hydrogen-bond donors (Lipinski definition) is 0. The average Bonchev–Trinajstić information content (AvgIpc) is 3.12. The minimum Gasteiger partial charge on any atom is -0.298 e. The Balaban J connectivity index is 1.35. The van der Waals surface area contributed by atoms with Gasteiger partial charge in [-0.05, 0) is 38.8 Å². The zero-order chi connectivity index (χ0) is 13.1. The molecule has 0 saturated carbocycles. The van der Waals surface area contributed by atoms with Crippen molar-refractivity contribution in [3.05, 3.63) is 0 Å². The third kappa shape index (κ3) is 2.12. The van der Waals surface area contributed by atoms with E-state index < -0.39 is 0 Å². The predicted molar refractivity (Wildman–Crippen MR) is 94.7 cm³/mol. The van der Waals surface area contributed by atoms with Crippen molar-refractivity contribution in [3.63, 3.8) is 0 Å². The molecule has 5 rings (SSSR count). The second-order valence-corrected chi connectivity index (χ2v) is 12.2. The fraction of sp³-hybridized carbons (Fsp3) is 1.00. The van der Waals surface area contributed by atoms with Crippen LogP contribution in [0.1, 0.15) is 25.7 Å². The lowest BCUT2D eigenvalue weighted by Crippen LogP contribution is -2.31. The first-order chi connectivity index (χ1) is 9.90. The molecule has 2 nitrogen and oxygen atoms in total. The maximum absolute atomic E-state index is 2.79. The molecule has 0 amide bonds. The van der Waals surface area contributed by atoms with Crippen LogP contribution in [0.25, 0.3) is 0 Å². The molecule has 0 aromatic rings.